The van der Waals surface area contributed by atoms with Crippen LogP contribution in [0.3, 0.4) is 0 Å². The standard InChI is InChI=1S/C17H11Cl3N2/c18-9-7-12(15(20)13(19)8-9)16-17-11(5-6-21-16)10-3-1-2-4-14(10)22-17/h1-4,7-8,22H,5-6H2. The summed E-state index contributed by atoms with van der Waals surface area (Å²) in [5, 5.41) is 2.70. The molecule has 0 amide bonds. The third-order valence-corrected chi connectivity index (χ3v) is 4.95. The Hall–Kier alpha value is -1.48. The minimum Gasteiger partial charge on any atom is -0.353 e. The Kier molecular flexibility index (Phi) is 3.41. The van der Waals surface area contributed by atoms with Crippen molar-refractivity contribution in [3.05, 3.63) is 68.3 Å². The summed E-state index contributed by atoms with van der Waals surface area (Å²) in [6, 6.07) is 11.7. The predicted octanol–water partition coefficient (Wildman–Crippen LogP) is 5.52. The highest BCUT2D eigenvalue weighted by Crippen LogP contribution is 2.34. The molecular formula is C17H11Cl3N2. The molecule has 0 saturated carbocycles. The van der Waals surface area contributed by atoms with E-state index in [-0.39, 0.29) is 0 Å². The van der Waals surface area contributed by atoms with Crippen LogP contribution in [-0.2, 0) is 6.42 Å². The number of rotatable bonds is 1. The summed E-state index contributed by atoms with van der Waals surface area (Å²) in [6.07, 6.45) is 0.911. The molecule has 5 heteroatoms. The summed E-state index contributed by atoms with van der Waals surface area (Å²) in [5.41, 5.74) is 4.98. The third-order valence-electron chi connectivity index (χ3n) is 3.93. The Balaban J connectivity index is 1.98. The number of aromatic nitrogens is 1. The van der Waals surface area contributed by atoms with Crippen molar-refractivity contribution in [1.29, 1.82) is 0 Å². The molecule has 1 aliphatic rings. The van der Waals surface area contributed by atoms with Gasteiger partial charge in [0, 0.05) is 28.0 Å². The highest BCUT2D eigenvalue weighted by molar-refractivity contribution is 6.46. The Morgan fingerprint density at radius 2 is 1.86 bits per heavy atom. The number of halogens is 3. The molecule has 2 nitrogen and oxygen atoms in total. The van der Waals surface area contributed by atoms with Gasteiger partial charge in [-0.2, -0.15) is 0 Å². The van der Waals surface area contributed by atoms with Gasteiger partial charge in [-0.1, -0.05) is 53.0 Å². The molecule has 1 aromatic heterocycles. The molecule has 0 unspecified atom stereocenters. The molecule has 0 saturated heterocycles. The zero-order chi connectivity index (χ0) is 15.3. The van der Waals surface area contributed by atoms with Crippen molar-refractivity contribution in [3.63, 3.8) is 0 Å². The lowest BCUT2D eigenvalue weighted by atomic mass is 9.98. The molecule has 0 radical (unpaired) electrons. The van der Waals surface area contributed by atoms with Gasteiger partial charge in [-0.3, -0.25) is 4.99 Å². The van der Waals surface area contributed by atoms with Crippen LogP contribution in [0.15, 0.2) is 41.4 Å². The topological polar surface area (TPSA) is 28.1 Å². The van der Waals surface area contributed by atoms with Crippen LogP contribution in [-0.4, -0.2) is 17.2 Å². The first-order valence-corrected chi connectivity index (χ1v) is 8.08. The Morgan fingerprint density at radius 1 is 1.05 bits per heavy atom. The summed E-state index contributed by atoms with van der Waals surface area (Å²) in [6.45, 7) is 0.727. The number of aliphatic imine (C=N–C) groups is 1. The van der Waals surface area contributed by atoms with Crippen molar-refractivity contribution in [3.8, 4) is 0 Å². The fourth-order valence-electron chi connectivity index (χ4n) is 2.97. The molecule has 3 aromatic rings. The lowest BCUT2D eigenvalue weighted by Crippen LogP contribution is -2.14. The van der Waals surface area contributed by atoms with E-state index in [4.69, 9.17) is 34.8 Å². The quantitative estimate of drug-likeness (QED) is 0.560. The normalized spacial score (nSPS) is 14.0. The monoisotopic (exact) mass is 348 g/mol. The number of para-hydroxylation sites is 1. The highest BCUT2D eigenvalue weighted by atomic mass is 35.5. The largest absolute Gasteiger partial charge is 0.353 e. The van der Waals surface area contributed by atoms with Gasteiger partial charge in [0.05, 0.1) is 21.5 Å². The zero-order valence-corrected chi connectivity index (χ0v) is 13.7. The summed E-state index contributed by atoms with van der Waals surface area (Å²) in [4.78, 5) is 8.12. The minimum absolute atomic E-state index is 0.440. The van der Waals surface area contributed by atoms with E-state index in [1.807, 2.05) is 18.2 Å². The summed E-state index contributed by atoms with van der Waals surface area (Å²) in [7, 11) is 0. The predicted molar refractivity (Wildman–Crippen MR) is 94.0 cm³/mol. The van der Waals surface area contributed by atoms with Gasteiger partial charge in [0.1, 0.15) is 0 Å². The van der Waals surface area contributed by atoms with Crippen molar-refractivity contribution < 1.29 is 0 Å². The number of nitrogens with one attached hydrogen (secondary N) is 1. The van der Waals surface area contributed by atoms with Gasteiger partial charge in [0.15, 0.2) is 0 Å². The number of hydrogen-bond donors (Lipinski definition) is 1. The fraction of sp³-hybridized carbons (Fsp3) is 0.118. The number of benzene rings is 2. The van der Waals surface area contributed by atoms with Crippen LogP contribution in [0.25, 0.3) is 10.9 Å². The third kappa shape index (κ3) is 2.14. The number of nitrogens with zero attached hydrogens (tertiary/aromatic N) is 1. The Labute approximate surface area is 142 Å². The highest BCUT2D eigenvalue weighted by Gasteiger charge is 2.23. The van der Waals surface area contributed by atoms with Crippen LogP contribution < -0.4 is 0 Å². The van der Waals surface area contributed by atoms with Crippen molar-refractivity contribution in [2.45, 2.75) is 6.42 Å². The number of H-pyrrole nitrogens is 1. The SMILES string of the molecule is Clc1cc(Cl)c(Cl)c(C2=NCCc3c2[nH]c2ccccc32)c1. The summed E-state index contributed by atoms with van der Waals surface area (Å²) >= 11 is 18.7. The maximum absolute atomic E-state index is 6.38. The first-order chi connectivity index (χ1) is 10.6. The number of fused-ring (bicyclic) bond motifs is 3. The lowest BCUT2D eigenvalue weighted by Gasteiger charge is -2.15. The van der Waals surface area contributed by atoms with E-state index in [9.17, 15) is 0 Å². The first kappa shape index (κ1) is 14.1. The van der Waals surface area contributed by atoms with Crippen LogP contribution >= 0.6 is 34.8 Å². The van der Waals surface area contributed by atoms with Crippen LogP contribution in [0.4, 0.5) is 0 Å². The van der Waals surface area contributed by atoms with Gasteiger partial charge in [0.25, 0.3) is 0 Å². The second-order valence-corrected chi connectivity index (χ2v) is 6.48. The van der Waals surface area contributed by atoms with E-state index in [1.165, 1.54) is 10.9 Å². The Bertz CT molecular complexity index is 925. The van der Waals surface area contributed by atoms with E-state index in [0.717, 1.165) is 35.5 Å². The molecule has 2 aromatic carbocycles. The molecule has 1 aliphatic heterocycles. The second kappa shape index (κ2) is 5.31. The van der Waals surface area contributed by atoms with Gasteiger partial charge in [-0.15, -0.1) is 0 Å². The average Bonchev–Trinajstić information content (AvgIpc) is 2.89. The average molecular weight is 350 g/mol. The number of hydrogen-bond acceptors (Lipinski definition) is 1. The lowest BCUT2D eigenvalue weighted by molar-refractivity contribution is 0.948. The van der Waals surface area contributed by atoms with E-state index in [2.05, 4.69) is 22.1 Å². The van der Waals surface area contributed by atoms with Crippen molar-refractivity contribution in [1.82, 2.24) is 4.98 Å². The van der Waals surface area contributed by atoms with Crippen LogP contribution in [0.2, 0.25) is 15.1 Å². The molecule has 0 bridgehead atoms. The molecule has 0 fully saturated rings. The second-order valence-electron chi connectivity index (χ2n) is 5.25. The minimum atomic E-state index is 0.440. The molecule has 110 valence electrons. The molecule has 0 spiro atoms. The van der Waals surface area contributed by atoms with Crippen LogP contribution in [0.5, 0.6) is 0 Å². The Morgan fingerprint density at radius 3 is 2.73 bits per heavy atom. The zero-order valence-electron chi connectivity index (χ0n) is 11.5. The van der Waals surface area contributed by atoms with E-state index in [1.54, 1.807) is 6.07 Å². The maximum atomic E-state index is 6.38. The molecule has 1 N–H and O–H groups in total. The molecule has 2 heterocycles. The van der Waals surface area contributed by atoms with Gasteiger partial charge >= 0.3 is 0 Å². The number of aromatic amines is 1. The van der Waals surface area contributed by atoms with Crippen molar-refractivity contribution in [2.24, 2.45) is 4.99 Å². The van der Waals surface area contributed by atoms with Crippen LogP contribution in [0.1, 0.15) is 16.8 Å². The van der Waals surface area contributed by atoms with Crippen LogP contribution in [0, 0.1) is 0 Å². The van der Waals surface area contributed by atoms with Crippen molar-refractivity contribution >= 4 is 51.4 Å². The summed E-state index contributed by atoms with van der Waals surface area (Å²) < 4.78 is 0. The molecule has 0 atom stereocenters. The maximum Gasteiger partial charge on any atom is 0.0900 e. The van der Waals surface area contributed by atoms with Crippen molar-refractivity contribution in [2.75, 3.05) is 6.54 Å². The van der Waals surface area contributed by atoms with Gasteiger partial charge in [-0.25, -0.2) is 0 Å². The molecule has 22 heavy (non-hydrogen) atoms. The summed E-state index contributed by atoms with van der Waals surface area (Å²) in [5.74, 6) is 0. The fourth-order valence-corrected chi connectivity index (χ4v) is 3.66. The van der Waals surface area contributed by atoms with E-state index in [0.29, 0.717) is 15.1 Å². The van der Waals surface area contributed by atoms with E-state index >= 15 is 0 Å². The molecule has 0 aliphatic carbocycles. The first-order valence-electron chi connectivity index (χ1n) is 6.94. The molecule has 4 rings (SSSR count). The smallest absolute Gasteiger partial charge is 0.0900 e. The van der Waals surface area contributed by atoms with Gasteiger partial charge in [0.2, 0.25) is 0 Å². The van der Waals surface area contributed by atoms with E-state index < -0.39 is 0 Å². The van der Waals surface area contributed by atoms with Gasteiger partial charge in [-0.05, 0) is 30.2 Å². The molecular weight excluding hydrogens is 339 g/mol. The van der Waals surface area contributed by atoms with Gasteiger partial charge < -0.3 is 4.98 Å².